The molecule has 0 aliphatic carbocycles. The number of carbonyl (C=O) groups excluding carboxylic acids is 2. The number of benzene rings is 4. The fourth-order valence-corrected chi connectivity index (χ4v) is 3.66. The topological polar surface area (TPSA) is 34.1 Å². The molecule has 4 aromatic carbocycles. The Morgan fingerprint density at radius 2 is 1.00 bits per heavy atom. The highest BCUT2D eigenvalue weighted by Gasteiger charge is 2.31. The Morgan fingerprint density at radius 1 is 0.600 bits per heavy atom. The molecule has 4 aromatic rings. The number of rotatable bonds is 6. The van der Waals surface area contributed by atoms with Crippen LogP contribution in [-0.2, 0) is 4.83 Å². The first-order valence-corrected chi connectivity index (χ1v) is 11.2. The van der Waals surface area contributed by atoms with E-state index in [1.54, 1.807) is 72.8 Å². The van der Waals surface area contributed by atoms with E-state index in [0.717, 1.165) is 0 Å². The van der Waals surface area contributed by atoms with E-state index in [0.29, 0.717) is 11.1 Å². The standard InChI is InChI=1S/C14H9BrF2O.C14H10F2O/c15-14(16,17)12-9-5-4-8-11(12)13(18)10-6-2-1-3-7-10;15-14(16)12-9-5-4-8-11(12)13(17)10-6-2-1-3-7-10/h1-9H;1-9,14H. The SMILES string of the molecule is O=C(c1ccccc1)c1ccccc1C(F)(F)Br.O=C(c1ccccc1)c1ccccc1C(F)F. The van der Waals surface area contributed by atoms with Crippen LogP contribution in [0.15, 0.2) is 109 Å². The van der Waals surface area contributed by atoms with Crippen molar-refractivity contribution in [2.75, 3.05) is 0 Å². The normalized spacial score (nSPS) is 10.9. The molecule has 0 radical (unpaired) electrons. The predicted molar refractivity (Wildman–Crippen MR) is 130 cm³/mol. The average molecular weight is 543 g/mol. The van der Waals surface area contributed by atoms with Crippen molar-refractivity contribution in [2.24, 2.45) is 0 Å². The fourth-order valence-electron chi connectivity index (χ4n) is 3.31. The Hall–Kier alpha value is -3.58. The van der Waals surface area contributed by atoms with Gasteiger partial charge in [0.1, 0.15) is 0 Å². The number of halogens is 5. The lowest BCUT2D eigenvalue weighted by molar-refractivity contribution is 0.0986. The van der Waals surface area contributed by atoms with E-state index in [-0.39, 0.29) is 28.0 Å². The smallest absolute Gasteiger partial charge is 0.289 e. The van der Waals surface area contributed by atoms with E-state index >= 15 is 0 Å². The molecule has 0 amide bonds. The monoisotopic (exact) mass is 542 g/mol. The number of ketones is 2. The molecular formula is C28H19BrF4O2. The van der Waals surface area contributed by atoms with Gasteiger partial charge in [0.25, 0.3) is 6.43 Å². The van der Waals surface area contributed by atoms with Crippen LogP contribution in [0.4, 0.5) is 17.6 Å². The first-order valence-electron chi connectivity index (χ1n) is 10.4. The molecule has 2 nitrogen and oxygen atoms in total. The summed E-state index contributed by atoms with van der Waals surface area (Å²) in [6.45, 7) is 0. The Morgan fingerprint density at radius 3 is 1.49 bits per heavy atom. The zero-order valence-corrected chi connectivity index (χ0v) is 19.8. The number of alkyl halides is 5. The molecule has 0 saturated carbocycles. The second kappa shape index (κ2) is 11.7. The number of hydrogen-bond donors (Lipinski definition) is 0. The van der Waals surface area contributed by atoms with Crippen LogP contribution in [0.1, 0.15) is 49.4 Å². The minimum Gasteiger partial charge on any atom is -0.289 e. The maximum atomic E-state index is 13.4. The second-order valence-electron chi connectivity index (χ2n) is 7.32. The molecule has 0 aliphatic heterocycles. The van der Waals surface area contributed by atoms with Crippen LogP contribution in [-0.4, -0.2) is 11.6 Å². The Balaban J connectivity index is 0.000000196. The Bertz CT molecular complexity index is 1290. The molecule has 0 unspecified atom stereocenters. The van der Waals surface area contributed by atoms with Crippen LogP contribution in [0.3, 0.4) is 0 Å². The predicted octanol–water partition coefficient (Wildman–Crippen LogP) is 8.22. The summed E-state index contributed by atoms with van der Waals surface area (Å²) >= 11 is 2.29. The lowest BCUT2D eigenvalue weighted by Crippen LogP contribution is -2.12. The highest BCUT2D eigenvalue weighted by Crippen LogP contribution is 2.37. The van der Waals surface area contributed by atoms with Crippen molar-refractivity contribution in [2.45, 2.75) is 11.3 Å². The van der Waals surface area contributed by atoms with Crippen molar-refractivity contribution in [3.05, 3.63) is 143 Å². The molecule has 0 spiro atoms. The third-order valence-corrected chi connectivity index (χ3v) is 5.42. The molecule has 0 aromatic heterocycles. The van der Waals surface area contributed by atoms with E-state index in [2.05, 4.69) is 15.9 Å². The third kappa shape index (κ3) is 6.73. The van der Waals surface area contributed by atoms with Crippen molar-refractivity contribution < 1.29 is 27.2 Å². The van der Waals surface area contributed by atoms with Crippen LogP contribution in [0.5, 0.6) is 0 Å². The second-order valence-corrected chi connectivity index (χ2v) is 8.32. The molecule has 7 heteroatoms. The van der Waals surface area contributed by atoms with E-state index < -0.39 is 17.0 Å². The summed E-state index contributed by atoms with van der Waals surface area (Å²) in [5.41, 5.74) is 0.335. The van der Waals surface area contributed by atoms with Crippen molar-refractivity contribution in [1.82, 2.24) is 0 Å². The Kier molecular flexibility index (Phi) is 8.71. The fraction of sp³-hybridized carbons (Fsp3) is 0.0714. The molecule has 35 heavy (non-hydrogen) atoms. The van der Waals surface area contributed by atoms with Gasteiger partial charge in [-0.25, -0.2) is 8.78 Å². The van der Waals surface area contributed by atoms with Crippen LogP contribution >= 0.6 is 15.9 Å². The lowest BCUT2D eigenvalue weighted by atomic mass is 9.98. The maximum absolute atomic E-state index is 13.4. The highest BCUT2D eigenvalue weighted by atomic mass is 79.9. The van der Waals surface area contributed by atoms with Gasteiger partial charge in [-0.1, -0.05) is 109 Å². The molecule has 0 heterocycles. The van der Waals surface area contributed by atoms with Crippen molar-refractivity contribution >= 4 is 27.5 Å². The third-order valence-electron chi connectivity index (χ3n) is 4.99. The average Bonchev–Trinajstić information content (AvgIpc) is 2.88. The van der Waals surface area contributed by atoms with Gasteiger partial charge in [-0.3, -0.25) is 9.59 Å². The van der Waals surface area contributed by atoms with Crippen LogP contribution in [0.2, 0.25) is 0 Å². The van der Waals surface area contributed by atoms with Crippen molar-refractivity contribution in [3.8, 4) is 0 Å². The van der Waals surface area contributed by atoms with Gasteiger partial charge >= 0.3 is 4.83 Å². The molecule has 178 valence electrons. The lowest BCUT2D eigenvalue weighted by Gasteiger charge is -2.13. The summed E-state index contributed by atoms with van der Waals surface area (Å²) in [7, 11) is 0. The van der Waals surface area contributed by atoms with E-state index in [1.165, 1.54) is 36.4 Å². The van der Waals surface area contributed by atoms with E-state index in [9.17, 15) is 27.2 Å². The molecular weight excluding hydrogens is 524 g/mol. The molecule has 0 fully saturated rings. The van der Waals surface area contributed by atoms with E-state index in [1.807, 2.05) is 0 Å². The minimum atomic E-state index is -3.21. The molecule has 0 atom stereocenters. The zero-order chi connectivity index (χ0) is 25.4. The molecule has 4 rings (SSSR count). The molecule has 0 bridgehead atoms. The van der Waals surface area contributed by atoms with Gasteiger partial charge < -0.3 is 0 Å². The van der Waals surface area contributed by atoms with Gasteiger partial charge in [0.2, 0.25) is 0 Å². The number of hydrogen-bond acceptors (Lipinski definition) is 2. The summed E-state index contributed by atoms with van der Waals surface area (Å²) in [4.78, 5) is 21.0. The van der Waals surface area contributed by atoms with Gasteiger partial charge in [0.05, 0.1) is 0 Å². The maximum Gasteiger partial charge on any atom is 0.327 e. The molecule has 0 N–H and O–H groups in total. The first kappa shape index (κ1) is 26.0. The largest absolute Gasteiger partial charge is 0.327 e. The van der Waals surface area contributed by atoms with Crippen molar-refractivity contribution in [3.63, 3.8) is 0 Å². The van der Waals surface area contributed by atoms with Crippen LogP contribution in [0, 0.1) is 0 Å². The summed E-state index contributed by atoms with van der Waals surface area (Å²) in [6, 6.07) is 28.3. The summed E-state index contributed by atoms with van der Waals surface area (Å²) in [6.07, 6.45) is -2.64. The van der Waals surface area contributed by atoms with Crippen molar-refractivity contribution in [1.29, 1.82) is 0 Å². The van der Waals surface area contributed by atoms with Gasteiger partial charge in [0, 0.05) is 33.4 Å². The van der Waals surface area contributed by atoms with Gasteiger partial charge in [0.15, 0.2) is 11.6 Å². The highest BCUT2D eigenvalue weighted by molar-refractivity contribution is 9.09. The van der Waals surface area contributed by atoms with Gasteiger partial charge in [-0.2, -0.15) is 8.78 Å². The summed E-state index contributed by atoms with van der Waals surface area (Å²) in [5, 5.41) is 0. The first-order chi connectivity index (χ1) is 16.7. The summed E-state index contributed by atoms with van der Waals surface area (Å²) in [5.74, 6) is -0.785. The minimum absolute atomic E-state index is 0.00516. The van der Waals surface area contributed by atoms with Gasteiger partial charge in [-0.05, 0) is 15.9 Å². The zero-order valence-electron chi connectivity index (χ0n) is 18.2. The van der Waals surface area contributed by atoms with Crippen LogP contribution in [0.25, 0.3) is 0 Å². The molecule has 0 aliphatic rings. The van der Waals surface area contributed by atoms with Crippen LogP contribution < -0.4 is 0 Å². The van der Waals surface area contributed by atoms with E-state index in [4.69, 9.17) is 0 Å². The quantitative estimate of drug-likeness (QED) is 0.140. The summed E-state index contributed by atoms with van der Waals surface area (Å²) < 4.78 is 52.2. The number of carbonyl (C=O) groups is 2. The Labute approximate surface area is 208 Å². The molecule has 0 saturated heterocycles. The van der Waals surface area contributed by atoms with Gasteiger partial charge in [-0.15, -0.1) is 0 Å².